The smallest absolute Gasteiger partial charge is 0.243 e. The second-order valence-electron chi connectivity index (χ2n) is 8.07. The molecule has 0 saturated carbocycles. The molecule has 1 fully saturated rings. The van der Waals surface area contributed by atoms with Crippen molar-refractivity contribution in [3.8, 4) is 11.6 Å². The lowest BCUT2D eigenvalue weighted by molar-refractivity contribution is 0.384. The van der Waals surface area contributed by atoms with Gasteiger partial charge in [-0.3, -0.25) is 0 Å². The normalized spacial score (nSPS) is 15.4. The molecule has 0 aliphatic carbocycles. The second kappa shape index (κ2) is 8.03. The Bertz CT molecular complexity index is 1360. The van der Waals surface area contributed by atoms with E-state index < -0.39 is 10.0 Å². The quantitative estimate of drug-likeness (QED) is 0.469. The number of benzene rings is 2. The lowest BCUT2D eigenvalue weighted by atomic mass is 10.1. The standard InChI is InChI=1S/C24H24N4O3S/c1-17-5-8-19(9-6-17)32(29,30)28-13-11-27(12-14-28)24-20-16-18(2)7-10-21(20)25-23(26-24)22-4-3-15-31-22/h3-10,15-16H,11-14H2,1-2H3. The van der Waals surface area contributed by atoms with Crippen LogP contribution in [0.1, 0.15) is 11.1 Å². The van der Waals surface area contributed by atoms with Gasteiger partial charge >= 0.3 is 0 Å². The van der Waals surface area contributed by atoms with E-state index in [4.69, 9.17) is 9.40 Å². The number of sulfonamides is 1. The summed E-state index contributed by atoms with van der Waals surface area (Å²) in [5.41, 5.74) is 2.99. The molecular weight excluding hydrogens is 424 g/mol. The fraction of sp³-hybridized carbons (Fsp3) is 0.250. The van der Waals surface area contributed by atoms with Crippen molar-refractivity contribution in [2.45, 2.75) is 18.7 Å². The Morgan fingerprint density at radius 1 is 0.875 bits per heavy atom. The van der Waals surface area contributed by atoms with Gasteiger partial charge in [-0.15, -0.1) is 0 Å². The molecule has 2 aromatic heterocycles. The molecule has 0 unspecified atom stereocenters. The fourth-order valence-corrected chi connectivity index (χ4v) is 5.40. The predicted molar refractivity (Wildman–Crippen MR) is 124 cm³/mol. The molecule has 0 spiro atoms. The van der Waals surface area contributed by atoms with E-state index in [9.17, 15) is 8.42 Å². The van der Waals surface area contributed by atoms with Crippen LogP contribution in [0.3, 0.4) is 0 Å². The summed E-state index contributed by atoms with van der Waals surface area (Å²) in [5.74, 6) is 1.93. The molecule has 0 N–H and O–H groups in total. The number of piperazine rings is 1. The van der Waals surface area contributed by atoms with Gasteiger partial charge in [0, 0.05) is 31.6 Å². The molecule has 1 aliphatic rings. The van der Waals surface area contributed by atoms with Crippen LogP contribution in [0.25, 0.3) is 22.5 Å². The third kappa shape index (κ3) is 3.76. The van der Waals surface area contributed by atoms with Crippen LogP contribution in [0.5, 0.6) is 0 Å². The summed E-state index contributed by atoms with van der Waals surface area (Å²) in [5, 5.41) is 0.954. The van der Waals surface area contributed by atoms with E-state index in [0.717, 1.165) is 27.8 Å². The summed E-state index contributed by atoms with van der Waals surface area (Å²) in [4.78, 5) is 12.0. The number of aromatic nitrogens is 2. The minimum atomic E-state index is -3.52. The van der Waals surface area contributed by atoms with Crippen LogP contribution >= 0.6 is 0 Å². The maximum absolute atomic E-state index is 13.1. The van der Waals surface area contributed by atoms with Gasteiger partial charge in [0.2, 0.25) is 10.0 Å². The molecule has 2 aromatic carbocycles. The van der Waals surface area contributed by atoms with Crippen molar-refractivity contribution in [3.63, 3.8) is 0 Å². The maximum atomic E-state index is 13.1. The highest BCUT2D eigenvalue weighted by Gasteiger charge is 2.30. The van der Waals surface area contributed by atoms with Gasteiger partial charge < -0.3 is 9.32 Å². The molecule has 1 aliphatic heterocycles. The van der Waals surface area contributed by atoms with Crippen molar-refractivity contribution in [1.82, 2.24) is 14.3 Å². The van der Waals surface area contributed by atoms with E-state index in [1.807, 2.05) is 50.2 Å². The van der Waals surface area contributed by atoms with Crippen LogP contribution in [0.15, 0.2) is 70.2 Å². The van der Waals surface area contributed by atoms with Gasteiger partial charge in [-0.25, -0.2) is 18.4 Å². The van der Waals surface area contributed by atoms with Crippen LogP contribution in [-0.4, -0.2) is 48.9 Å². The minimum Gasteiger partial charge on any atom is -0.461 e. The highest BCUT2D eigenvalue weighted by Crippen LogP contribution is 2.30. The van der Waals surface area contributed by atoms with Crippen molar-refractivity contribution in [1.29, 1.82) is 0 Å². The number of fused-ring (bicyclic) bond motifs is 1. The van der Waals surface area contributed by atoms with Gasteiger partial charge in [0.25, 0.3) is 0 Å². The van der Waals surface area contributed by atoms with Gasteiger partial charge in [-0.2, -0.15) is 4.31 Å². The summed E-state index contributed by atoms with van der Waals surface area (Å²) in [7, 11) is -3.52. The van der Waals surface area contributed by atoms with Crippen molar-refractivity contribution in [2.75, 3.05) is 31.1 Å². The Balaban J connectivity index is 1.46. The van der Waals surface area contributed by atoms with Gasteiger partial charge in [-0.1, -0.05) is 29.3 Å². The molecule has 7 nitrogen and oxygen atoms in total. The highest BCUT2D eigenvalue weighted by atomic mass is 32.2. The van der Waals surface area contributed by atoms with Gasteiger partial charge in [0.15, 0.2) is 11.6 Å². The second-order valence-corrected chi connectivity index (χ2v) is 10.0. The molecule has 1 saturated heterocycles. The third-order valence-corrected chi connectivity index (χ3v) is 7.68. The SMILES string of the molecule is Cc1ccc(S(=O)(=O)N2CCN(c3nc(-c4ccco4)nc4ccc(C)cc34)CC2)cc1. The zero-order valence-corrected chi connectivity index (χ0v) is 18.8. The molecule has 3 heterocycles. The van der Waals surface area contributed by atoms with E-state index in [2.05, 4.69) is 16.0 Å². The molecule has 0 amide bonds. The molecule has 32 heavy (non-hydrogen) atoms. The predicted octanol–water partition coefficient (Wildman–Crippen LogP) is 4.02. The summed E-state index contributed by atoms with van der Waals surface area (Å²) in [6.45, 7) is 5.86. The van der Waals surface area contributed by atoms with Crippen LogP contribution in [0.2, 0.25) is 0 Å². The first-order chi connectivity index (χ1) is 15.4. The minimum absolute atomic E-state index is 0.333. The Morgan fingerprint density at radius 2 is 1.59 bits per heavy atom. The zero-order valence-electron chi connectivity index (χ0n) is 18.0. The Hall–Kier alpha value is -3.23. The summed E-state index contributed by atoms with van der Waals surface area (Å²) in [6, 6.07) is 16.7. The summed E-state index contributed by atoms with van der Waals surface area (Å²) >= 11 is 0. The summed E-state index contributed by atoms with van der Waals surface area (Å²) in [6.07, 6.45) is 1.60. The fourth-order valence-electron chi connectivity index (χ4n) is 3.98. The molecule has 0 bridgehead atoms. The van der Waals surface area contributed by atoms with E-state index in [0.29, 0.717) is 42.7 Å². The number of hydrogen-bond donors (Lipinski definition) is 0. The molecular formula is C24H24N4O3S. The van der Waals surface area contributed by atoms with Crippen molar-refractivity contribution < 1.29 is 12.8 Å². The Morgan fingerprint density at radius 3 is 2.28 bits per heavy atom. The first kappa shape index (κ1) is 20.7. The van der Waals surface area contributed by atoms with Crippen LogP contribution < -0.4 is 4.90 Å². The number of aryl methyl sites for hydroxylation is 2. The van der Waals surface area contributed by atoms with E-state index in [-0.39, 0.29) is 0 Å². The van der Waals surface area contributed by atoms with Gasteiger partial charge in [-0.05, 0) is 50.2 Å². The molecule has 164 valence electrons. The largest absolute Gasteiger partial charge is 0.461 e. The molecule has 0 radical (unpaired) electrons. The maximum Gasteiger partial charge on any atom is 0.243 e. The number of nitrogens with zero attached hydrogens (tertiary/aromatic N) is 4. The third-order valence-electron chi connectivity index (χ3n) is 5.77. The van der Waals surface area contributed by atoms with Crippen LogP contribution in [0, 0.1) is 13.8 Å². The topological polar surface area (TPSA) is 79.5 Å². The highest BCUT2D eigenvalue weighted by molar-refractivity contribution is 7.89. The average Bonchev–Trinajstić information content (AvgIpc) is 3.34. The Labute approximate surface area is 187 Å². The number of hydrogen-bond acceptors (Lipinski definition) is 6. The van der Waals surface area contributed by atoms with E-state index in [1.54, 1.807) is 22.7 Å². The van der Waals surface area contributed by atoms with Crippen molar-refractivity contribution in [3.05, 3.63) is 72.0 Å². The first-order valence-electron chi connectivity index (χ1n) is 10.6. The number of anilines is 1. The average molecular weight is 449 g/mol. The molecule has 0 atom stereocenters. The molecule has 8 heteroatoms. The monoisotopic (exact) mass is 448 g/mol. The number of furan rings is 1. The lowest BCUT2D eigenvalue weighted by Gasteiger charge is -2.35. The number of rotatable bonds is 4. The summed E-state index contributed by atoms with van der Waals surface area (Å²) < 4.78 is 33.2. The van der Waals surface area contributed by atoms with E-state index in [1.165, 1.54) is 0 Å². The molecule has 4 aromatic rings. The zero-order chi connectivity index (χ0) is 22.3. The van der Waals surface area contributed by atoms with Crippen molar-refractivity contribution >= 4 is 26.7 Å². The lowest BCUT2D eigenvalue weighted by Crippen LogP contribution is -2.49. The van der Waals surface area contributed by atoms with Gasteiger partial charge in [0.05, 0.1) is 16.7 Å². The van der Waals surface area contributed by atoms with Crippen molar-refractivity contribution in [2.24, 2.45) is 0 Å². The first-order valence-corrected chi connectivity index (χ1v) is 12.0. The van der Waals surface area contributed by atoms with Crippen LogP contribution in [-0.2, 0) is 10.0 Å². The molecule has 5 rings (SSSR count). The van der Waals surface area contributed by atoms with Gasteiger partial charge in [0.1, 0.15) is 5.82 Å². The Kier molecular flexibility index (Phi) is 5.19. The van der Waals surface area contributed by atoms with Crippen LogP contribution in [0.4, 0.5) is 5.82 Å². The van der Waals surface area contributed by atoms with E-state index >= 15 is 0 Å².